The quantitative estimate of drug-likeness (QED) is 0.391. The van der Waals surface area contributed by atoms with Crippen molar-refractivity contribution < 1.29 is 0 Å². The Morgan fingerprint density at radius 2 is 1.54 bits per heavy atom. The summed E-state index contributed by atoms with van der Waals surface area (Å²) >= 11 is 4.99. The Morgan fingerprint density at radius 1 is 0.857 bits per heavy atom. The van der Waals surface area contributed by atoms with Crippen molar-refractivity contribution in [3.8, 4) is 21.8 Å². The Kier molecular flexibility index (Phi) is 5.19. The van der Waals surface area contributed by atoms with Crippen molar-refractivity contribution in [2.75, 3.05) is 11.9 Å². The van der Waals surface area contributed by atoms with Crippen LogP contribution in [0, 0.1) is 13.8 Å². The lowest BCUT2D eigenvalue weighted by Gasteiger charge is -2.15. The van der Waals surface area contributed by atoms with Crippen LogP contribution >= 0.6 is 27.3 Å². The lowest BCUT2D eigenvalue weighted by molar-refractivity contribution is 0.989. The summed E-state index contributed by atoms with van der Waals surface area (Å²) in [7, 11) is 1.95. The third kappa shape index (κ3) is 3.95. The maximum absolute atomic E-state index is 4.60. The number of hydrogen-bond acceptors (Lipinski definition) is 6. The number of aromatic nitrogens is 4. The first-order valence-corrected chi connectivity index (χ1v) is 10.4. The molecule has 0 atom stereocenters. The molecule has 0 aliphatic rings. The molecule has 0 N–H and O–H groups in total. The molecule has 0 bridgehead atoms. The van der Waals surface area contributed by atoms with Crippen LogP contribution in [-0.4, -0.2) is 27.2 Å². The SMILES string of the molecule is Cc1ccc(-c2cc(N(C)c3nnc(-c4ccc(Br)cc4)s3)nc(C)n2)cc1. The number of hydrogen-bond donors (Lipinski definition) is 0. The highest BCUT2D eigenvalue weighted by molar-refractivity contribution is 9.10. The normalized spacial score (nSPS) is 10.9. The van der Waals surface area contributed by atoms with E-state index in [2.05, 4.69) is 67.3 Å². The minimum Gasteiger partial charge on any atom is -0.304 e. The predicted octanol–water partition coefficient (Wildman–Crippen LogP) is 5.81. The van der Waals surface area contributed by atoms with Crippen molar-refractivity contribution in [3.63, 3.8) is 0 Å². The van der Waals surface area contributed by atoms with Gasteiger partial charge in [-0.1, -0.05) is 69.2 Å². The van der Waals surface area contributed by atoms with E-state index < -0.39 is 0 Å². The summed E-state index contributed by atoms with van der Waals surface area (Å²) in [6.45, 7) is 3.98. The second-order valence-electron chi connectivity index (χ2n) is 6.48. The Bertz CT molecular complexity index is 1110. The van der Waals surface area contributed by atoms with Gasteiger partial charge in [-0.2, -0.15) is 0 Å². The van der Waals surface area contributed by atoms with Gasteiger partial charge in [0.1, 0.15) is 16.6 Å². The van der Waals surface area contributed by atoms with E-state index in [-0.39, 0.29) is 0 Å². The van der Waals surface area contributed by atoms with E-state index in [9.17, 15) is 0 Å². The standard InChI is InChI=1S/C21H18BrN5S/c1-13-4-6-15(7-5-13)18-12-19(24-14(2)23-18)27(3)21-26-25-20(28-21)16-8-10-17(22)11-9-16/h4-12H,1-3H3. The van der Waals surface area contributed by atoms with E-state index in [0.29, 0.717) is 0 Å². The molecule has 0 saturated carbocycles. The molecule has 2 aromatic heterocycles. The molecule has 4 rings (SSSR count). The minimum atomic E-state index is 0.720. The zero-order valence-corrected chi connectivity index (χ0v) is 18.1. The highest BCUT2D eigenvalue weighted by atomic mass is 79.9. The summed E-state index contributed by atoms with van der Waals surface area (Å²) in [6.07, 6.45) is 0. The Morgan fingerprint density at radius 3 is 2.25 bits per heavy atom. The molecule has 0 amide bonds. The lowest BCUT2D eigenvalue weighted by Crippen LogP contribution is -2.12. The van der Waals surface area contributed by atoms with Gasteiger partial charge in [-0.25, -0.2) is 9.97 Å². The molecular weight excluding hydrogens is 434 g/mol. The van der Waals surface area contributed by atoms with Gasteiger partial charge in [-0.15, -0.1) is 10.2 Å². The molecule has 4 aromatic rings. The van der Waals surface area contributed by atoms with E-state index >= 15 is 0 Å². The number of anilines is 2. The molecule has 5 nitrogen and oxygen atoms in total. The van der Waals surface area contributed by atoms with Crippen molar-refractivity contribution in [2.45, 2.75) is 13.8 Å². The fraction of sp³-hybridized carbons (Fsp3) is 0.143. The molecule has 0 aliphatic heterocycles. The first-order chi connectivity index (χ1) is 13.5. The van der Waals surface area contributed by atoms with Crippen LogP contribution in [0.25, 0.3) is 21.8 Å². The maximum Gasteiger partial charge on any atom is 0.213 e. The van der Waals surface area contributed by atoms with Gasteiger partial charge in [0, 0.05) is 28.7 Å². The van der Waals surface area contributed by atoms with Gasteiger partial charge in [0.2, 0.25) is 5.13 Å². The largest absolute Gasteiger partial charge is 0.304 e. The molecule has 0 spiro atoms. The second kappa shape index (κ2) is 7.77. The van der Waals surface area contributed by atoms with Crippen LogP contribution in [0.3, 0.4) is 0 Å². The van der Waals surface area contributed by atoms with Gasteiger partial charge in [-0.3, -0.25) is 0 Å². The van der Waals surface area contributed by atoms with Crippen LogP contribution in [-0.2, 0) is 0 Å². The summed E-state index contributed by atoms with van der Waals surface area (Å²) in [6, 6.07) is 18.4. The van der Waals surface area contributed by atoms with E-state index in [1.807, 2.05) is 49.2 Å². The molecule has 28 heavy (non-hydrogen) atoms. The molecule has 0 fully saturated rings. The van der Waals surface area contributed by atoms with Crippen molar-refractivity contribution in [3.05, 3.63) is 70.5 Å². The first kappa shape index (κ1) is 18.7. The van der Waals surface area contributed by atoms with Crippen molar-refractivity contribution in [1.82, 2.24) is 20.2 Å². The van der Waals surface area contributed by atoms with Crippen LogP contribution in [0.5, 0.6) is 0 Å². The van der Waals surface area contributed by atoms with E-state index in [0.717, 1.165) is 43.1 Å². The summed E-state index contributed by atoms with van der Waals surface area (Å²) in [5.41, 5.74) is 4.23. The zero-order valence-electron chi connectivity index (χ0n) is 15.7. The average molecular weight is 452 g/mol. The second-order valence-corrected chi connectivity index (χ2v) is 8.35. The molecule has 0 unspecified atom stereocenters. The Balaban J connectivity index is 1.65. The zero-order chi connectivity index (χ0) is 19.7. The predicted molar refractivity (Wildman–Crippen MR) is 118 cm³/mol. The van der Waals surface area contributed by atoms with E-state index in [1.54, 1.807) is 0 Å². The number of rotatable bonds is 4. The third-order valence-corrected chi connectivity index (χ3v) is 5.89. The van der Waals surface area contributed by atoms with Gasteiger partial charge in [-0.05, 0) is 26.0 Å². The topological polar surface area (TPSA) is 54.8 Å². The molecule has 7 heteroatoms. The first-order valence-electron chi connectivity index (χ1n) is 8.75. The van der Waals surface area contributed by atoms with Crippen LogP contribution < -0.4 is 4.90 Å². The van der Waals surface area contributed by atoms with Gasteiger partial charge in [0.05, 0.1) is 5.69 Å². The smallest absolute Gasteiger partial charge is 0.213 e. The molecule has 140 valence electrons. The fourth-order valence-electron chi connectivity index (χ4n) is 2.75. The maximum atomic E-state index is 4.60. The Hall–Kier alpha value is -2.64. The molecule has 0 radical (unpaired) electrons. The number of aryl methyl sites for hydroxylation is 2. The van der Waals surface area contributed by atoms with Crippen molar-refractivity contribution >= 4 is 38.2 Å². The summed E-state index contributed by atoms with van der Waals surface area (Å²) in [4.78, 5) is 11.1. The summed E-state index contributed by atoms with van der Waals surface area (Å²) in [5.74, 6) is 1.51. The van der Waals surface area contributed by atoms with Crippen LogP contribution in [0.15, 0.2) is 59.1 Å². The summed E-state index contributed by atoms with van der Waals surface area (Å²) < 4.78 is 1.04. The molecule has 2 aromatic carbocycles. The number of benzene rings is 2. The highest BCUT2D eigenvalue weighted by Crippen LogP contribution is 2.32. The molecule has 0 saturated heterocycles. The van der Waals surface area contributed by atoms with E-state index in [4.69, 9.17) is 0 Å². The van der Waals surface area contributed by atoms with Crippen LogP contribution in [0.1, 0.15) is 11.4 Å². The molecule has 0 aliphatic carbocycles. The molecule has 2 heterocycles. The van der Waals surface area contributed by atoms with Gasteiger partial charge in [0.25, 0.3) is 0 Å². The van der Waals surface area contributed by atoms with Crippen molar-refractivity contribution in [2.24, 2.45) is 0 Å². The van der Waals surface area contributed by atoms with Crippen LogP contribution in [0.4, 0.5) is 10.9 Å². The minimum absolute atomic E-state index is 0.720. The van der Waals surface area contributed by atoms with Gasteiger partial charge in [0.15, 0.2) is 0 Å². The average Bonchev–Trinajstić information content (AvgIpc) is 3.18. The van der Waals surface area contributed by atoms with E-state index in [1.165, 1.54) is 16.9 Å². The van der Waals surface area contributed by atoms with Gasteiger partial charge < -0.3 is 4.90 Å². The molecular formula is C21H18BrN5S. The fourth-order valence-corrected chi connectivity index (χ4v) is 3.84. The number of halogens is 1. The third-order valence-electron chi connectivity index (χ3n) is 4.31. The van der Waals surface area contributed by atoms with Crippen molar-refractivity contribution in [1.29, 1.82) is 0 Å². The van der Waals surface area contributed by atoms with Crippen LogP contribution in [0.2, 0.25) is 0 Å². The Labute approximate surface area is 176 Å². The van der Waals surface area contributed by atoms with Gasteiger partial charge >= 0.3 is 0 Å². The lowest BCUT2D eigenvalue weighted by atomic mass is 10.1. The summed E-state index contributed by atoms with van der Waals surface area (Å²) in [5, 5.41) is 10.4. The monoisotopic (exact) mass is 451 g/mol. The number of nitrogens with zero attached hydrogens (tertiary/aromatic N) is 5. The highest BCUT2D eigenvalue weighted by Gasteiger charge is 2.15.